The molecule has 2 atom stereocenters. The summed E-state index contributed by atoms with van der Waals surface area (Å²) in [4.78, 5) is 13.1. The zero-order chi connectivity index (χ0) is 16.2. The summed E-state index contributed by atoms with van der Waals surface area (Å²) < 4.78 is 1.90. The second-order valence-electron chi connectivity index (χ2n) is 6.16. The molecule has 0 radical (unpaired) electrons. The molecule has 0 spiro atoms. The van der Waals surface area contributed by atoms with Crippen molar-refractivity contribution in [3.05, 3.63) is 12.7 Å². The van der Waals surface area contributed by atoms with Crippen LogP contribution in [0.15, 0.2) is 12.7 Å². The molecule has 1 fully saturated rings. The minimum absolute atomic E-state index is 0. The van der Waals surface area contributed by atoms with Gasteiger partial charge in [0.05, 0.1) is 19.0 Å². The summed E-state index contributed by atoms with van der Waals surface area (Å²) in [7, 11) is 0. The van der Waals surface area contributed by atoms with Crippen LogP contribution in [0.5, 0.6) is 0 Å². The number of halogens is 1. The van der Waals surface area contributed by atoms with Crippen LogP contribution in [0.1, 0.15) is 32.1 Å². The highest BCUT2D eigenvalue weighted by atomic mass is 35.5. The Hall–Kier alpha value is -1.48. The molecule has 2 aromatic heterocycles. The molecule has 5 N–H and O–H groups in total. The van der Waals surface area contributed by atoms with Crippen molar-refractivity contribution in [2.24, 2.45) is 5.73 Å². The predicted molar refractivity (Wildman–Crippen MR) is 94.1 cm³/mol. The van der Waals surface area contributed by atoms with E-state index in [1.165, 1.54) is 25.7 Å². The SMILES string of the molecule is Cl.NC(CCn1cnc2c(NC3CCCC3)ncnc21)C(O)CO. The van der Waals surface area contributed by atoms with Gasteiger partial charge in [0, 0.05) is 18.6 Å². The maximum atomic E-state index is 9.54. The third kappa shape index (κ3) is 4.13. The Morgan fingerprint density at radius 1 is 1.29 bits per heavy atom. The lowest BCUT2D eigenvalue weighted by molar-refractivity contribution is 0.0707. The summed E-state index contributed by atoms with van der Waals surface area (Å²) in [6, 6.07) is -0.0123. The van der Waals surface area contributed by atoms with Gasteiger partial charge < -0.3 is 25.8 Å². The quantitative estimate of drug-likeness (QED) is 0.575. The average Bonchev–Trinajstić information content (AvgIpc) is 3.22. The number of imidazole rings is 1. The Balaban J connectivity index is 0.00000208. The number of nitrogens with one attached hydrogen (secondary N) is 1. The molecule has 0 bridgehead atoms. The summed E-state index contributed by atoms with van der Waals surface area (Å²) in [6.45, 7) is 0.248. The van der Waals surface area contributed by atoms with Crippen molar-refractivity contribution >= 4 is 29.4 Å². The molecule has 1 aliphatic rings. The standard InChI is InChI=1S/C15H24N6O2.ClH/c16-11(12(23)7-22)5-6-21-9-19-13-14(17-8-18-15(13)21)20-10-3-1-2-4-10;/h8-12,22-23H,1-7,16H2,(H,17,18,20);1H. The zero-order valence-electron chi connectivity index (χ0n) is 13.5. The highest BCUT2D eigenvalue weighted by molar-refractivity contribution is 5.85. The van der Waals surface area contributed by atoms with Gasteiger partial charge in [0.2, 0.25) is 0 Å². The van der Waals surface area contributed by atoms with Crippen molar-refractivity contribution in [3.63, 3.8) is 0 Å². The van der Waals surface area contributed by atoms with E-state index in [1.54, 1.807) is 12.7 Å². The molecule has 134 valence electrons. The molecular formula is C15H25ClN6O2. The molecule has 3 rings (SSSR count). The number of nitrogens with two attached hydrogens (primary N) is 1. The van der Waals surface area contributed by atoms with Crippen LogP contribution in [0.4, 0.5) is 5.82 Å². The fourth-order valence-corrected chi connectivity index (χ4v) is 3.03. The number of fused-ring (bicyclic) bond motifs is 1. The Labute approximate surface area is 146 Å². The number of hydrogen-bond donors (Lipinski definition) is 4. The number of aryl methyl sites for hydroxylation is 1. The molecule has 2 heterocycles. The number of rotatable bonds is 7. The van der Waals surface area contributed by atoms with Gasteiger partial charge in [0.25, 0.3) is 0 Å². The molecule has 1 saturated carbocycles. The third-order valence-electron chi connectivity index (χ3n) is 4.48. The zero-order valence-corrected chi connectivity index (χ0v) is 14.3. The van der Waals surface area contributed by atoms with Crippen LogP contribution in [-0.4, -0.2) is 54.5 Å². The van der Waals surface area contributed by atoms with E-state index in [0.29, 0.717) is 19.0 Å². The Bertz CT molecular complexity index is 646. The summed E-state index contributed by atoms with van der Waals surface area (Å²) in [6.07, 6.45) is 7.73. The van der Waals surface area contributed by atoms with Crippen LogP contribution >= 0.6 is 12.4 Å². The molecule has 8 nitrogen and oxygen atoms in total. The lowest BCUT2D eigenvalue weighted by atomic mass is 10.1. The van der Waals surface area contributed by atoms with Crippen LogP contribution in [-0.2, 0) is 6.54 Å². The second kappa shape index (κ2) is 8.57. The van der Waals surface area contributed by atoms with E-state index in [0.717, 1.165) is 17.0 Å². The monoisotopic (exact) mass is 356 g/mol. The van der Waals surface area contributed by atoms with Gasteiger partial charge in [-0.05, 0) is 19.3 Å². The van der Waals surface area contributed by atoms with Gasteiger partial charge in [0.1, 0.15) is 11.8 Å². The van der Waals surface area contributed by atoms with E-state index in [9.17, 15) is 5.11 Å². The van der Waals surface area contributed by atoms with Gasteiger partial charge in [-0.2, -0.15) is 0 Å². The van der Waals surface area contributed by atoms with E-state index in [1.807, 2.05) is 4.57 Å². The lowest BCUT2D eigenvalue weighted by Crippen LogP contribution is -2.37. The smallest absolute Gasteiger partial charge is 0.165 e. The highest BCUT2D eigenvalue weighted by Gasteiger charge is 2.19. The number of aliphatic hydroxyl groups excluding tert-OH is 2. The Morgan fingerprint density at radius 2 is 2.04 bits per heavy atom. The van der Waals surface area contributed by atoms with Crippen LogP contribution < -0.4 is 11.1 Å². The normalized spacial score (nSPS) is 17.6. The number of aromatic nitrogens is 4. The van der Waals surface area contributed by atoms with Crippen LogP contribution in [0, 0.1) is 0 Å². The van der Waals surface area contributed by atoms with Crippen molar-refractivity contribution in [2.45, 2.75) is 56.8 Å². The number of aliphatic hydroxyl groups is 2. The largest absolute Gasteiger partial charge is 0.394 e. The lowest BCUT2D eigenvalue weighted by Gasteiger charge is -2.16. The van der Waals surface area contributed by atoms with Crippen molar-refractivity contribution in [3.8, 4) is 0 Å². The van der Waals surface area contributed by atoms with Crippen molar-refractivity contribution in [1.82, 2.24) is 19.5 Å². The van der Waals surface area contributed by atoms with Gasteiger partial charge in [-0.25, -0.2) is 15.0 Å². The second-order valence-corrected chi connectivity index (χ2v) is 6.16. The molecule has 9 heteroatoms. The van der Waals surface area contributed by atoms with Crippen molar-refractivity contribution in [2.75, 3.05) is 11.9 Å². The minimum Gasteiger partial charge on any atom is -0.394 e. The van der Waals surface area contributed by atoms with E-state index in [4.69, 9.17) is 10.8 Å². The predicted octanol–water partition coefficient (Wildman–Crippen LogP) is 0.673. The van der Waals surface area contributed by atoms with E-state index in [2.05, 4.69) is 20.3 Å². The van der Waals surface area contributed by atoms with E-state index >= 15 is 0 Å². The van der Waals surface area contributed by atoms with Crippen LogP contribution in [0.2, 0.25) is 0 Å². The maximum Gasteiger partial charge on any atom is 0.165 e. The first-order chi connectivity index (χ1) is 11.2. The molecule has 1 aliphatic carbocycles. The van der Waals surface area contributed by atoms with Gasteiger partial charge in [-0.15, -0.1) is 12.4 Å². The first kappa shape index (κ1) is 18.9. The average molecular weight is 357 g/mol. The Kier molecular flexibility index (Phi) is 6.73. The third-order valence-corrected chi connectivity index (χ3v) is 4.48. The van der Waals surface area contributed by atoms with Crippen molar-refractivity contribution < 1.29 is 10.2 Å². The summed E-state index contributed by atoms with van der Waals surface area (Å²) >= 11 is 0. The fourth-order valence-electron chi connectivity index (χ4n) is 3.03. The molecular weight excluding hydrogens is 332 g/mol. The number of hydrogen-bond acceptors (Lipinski definition) is 7. The molecule has 24 heavy (non-hydrogen) atoms. The van der Waals surface area contributed by atoms with E-state index < -0.39 is 12.1 Å². The first-order valence-electron chi connectivity index (χ1n) is 8.16. The van der Waals surface area contributed by atoms with Gasteiger partial charge in [-0.1, -0.05) is 12.8 Å². The van der Waals surface area contributed by atoms with Gasteiger partial charge >= 0.3 is 0 Å². The van der Waals surface area contributed by atoms with E-state index in [-0.39, 0.29) is 19.0 Å². The van der Waals surface area contributed by atoms with Crippen LogP contribution in [0.25, 0.3) is 11.2 Å². The number of nitrogens with zero attached hydrogens (tertiary/aromatic N) is 4. The molecule has 0 saturated heterocycles. The molecule has 0 amide bonds. The molecule has 2 unspecified atom stereocenters. The minimum atomic E-state index is -0.904. The molecule has 0 aliphatic heterocycles. The Morgan fingerprint density at radius 3 is 2.75 bits per heavy atom. The molecule has 0 aromatic carbocycles. The summed E-state index contributed by atoms with van der Waals surface area (Å²) in [5, 5.41) is 21.9. The highest BCUT2D eigenvalue weighted by Crippen LogP contribution is 2.24. The first-order valence-corrected chi connectivity index (χ1v) is 8.16. The number of anilines is 1. The van der Waals surface area contributed by atoms with Crippen LogP contribution in [0.3, 0.4) is 0 Å². The van der Waals surface area contributed by atoms with Crippen molar-refractivity contribution in [1.29, 1.82) is 0 Å². The summed E-state index contributed by atoms with van der Waals surface area (Å²) in [5.41, 5.74) is 7.35. The summed E-state index contributed by atoms with van der Waals surface area (Å²) in [5.74, 6) is 0.778. The van der Waals surface area contributed by atoms with Gasteiger partial charge in [0.15, 0.2) is 11.5 Å². The maximum absolute atomic E-state index is 9.54. The molecule has 2 aromatic rings. The topological polar surface area (TPSA) is 122 Å². The fraction of sp³-hybridized carbons (Fsp3) is 0.667. The van der Waals surface area contributed by atoms with Gasteiger partial charge in [-0.3, -0.25) is 0 Å².